The Balaban J connectivity index is 1.12. The van der Waals surface area contributed by atoms with Crippen molar-refractivity contribution in [3.8, 4) is 0 Å². The molecule has 3 aliphatic heterocycles. The zero-order chi connectivity index (χ0) is 29.9. The monoisotopic (exact) mass is 591 g/mol. The number of piperazine rings is 2. The smallest absolute Gasteiger partial charge is 0.410 e. The molecular formula is C31H37N5O5S. The summed E-state index contributed by atoms with van der Waals surface area (Å²) in [5.74, 6) is -0.359. The van der Waals surface area contributed by atoms with Gasteiger partial charge in [-0.15, -0.1) is 0 Å². The Hall–Kier alpha value is -3.83. The van der Waals surface area contributed by atoms with Crippen molar-refractivity contribution >= 4 is 46.7 Å². The van der Waals surface area contributed by atoms with Gasteiger partial charge in [0, 0.05) is 70.2 Å². The zero-order valence-corrected chi connectivity index (χ0v) is 25.1. The lowest BCUT2D eigenvalue weighted by molar-refractivity contribution is -0.115. The molecule has 1 N–H and O–H groups in total. The molecule has 0 saturated carbocycles. The second kappa shape index (κ2) is 12.6. The summed E-state index contributed by atoms with van der Waals surface area (Å²) in [6.07, 6.45) is 1.49. The number of hydrogen-bond acceptors (Lipinski definition) is 8. The summed E-state index contributed by atoms with van der Waals surface area (Å²) in [6.45, 7) is 11.7. The van der Waals surface area contributed by atoms with Crippen LogP contribution in [0.25, 0.3) is 6.08 Å². The number of benzene rings is 2. The van der Waals surface area contributed by atoms with Crippen molar-refractivity contribution in [1.82, 2.24) is 20.0 Å². The third-order valence-corrected chi connectivity index (χ3v) is 8.21. The summed E-state index contributed by atoms with van der Waals surface area (Å²) >= 11 is 0.908. The minimum Gasteiger partial charge on any atom is -0.444 e. The van der Waals surface area contributed by atoms with E-state index in [1.807, 2.05) is 74.2 Å². The Labute approximate surface area is 250 Å². The normalized spacial score (nSPS) is 19.3. The van der Waals surface area contributed by atoms with Gasteiger partial charge in [-0.3, -0.25) is 24.6 Å². The largest absolute Gasteiger partial charge is 0.444 e. The Morgan fingerprint density at radius 3 is 2.14 bits per heavy atom. The molecule has 0 aliphatic carbocycles. The van der Waals surface area contributed by atoms with Gasteiger partial charge in [0.2, 0.25) is 0 Å². The van der Waals surface area contributed by atoms with E-state index in [2.05, 4.69) is 15.1 Å². The van der Waals surface area contributed by atoms with E-state index in [0.717, 1.165) is 48.2 Å². The Kier molecular flexibility index (Phi) is 8.88. The molecule has 0 radical (unpaired) electrons. The van der Waals surface area contributed by atoms with Gasteiger partial charge in [-0.2, -0.15) is 0 Å². The minimum atomic E-state index is -0.497. The molecule has 0 unspecified atom stereocenters. The number of ether oxygens (including phenoxy) is 1. The van der Waals surface area contributed by atoms with E-state index >= 15 is 0 Å². The third kappa shape index (κ3) is 7.32. The second-order valence-corrected chi connectivity index (χ2v) is 12.6. The molecule has 4 amide bonds. The van der Waals surface area contributed by atoms with Crippen molar-refractivity contribution in [1.29, 1.82) is 0 Å². The SMILES string of the molecule is CC(C)(C)OC(=O)N1CCN(Cc2ccc(C(=O)N3CCN(c4ccccc4C=C4SC(=O)NC4=O)CC3)cc2)CC1. The fraction of sp³-hybridized carbons (Fsp3) is 0.419. The van der Waals surface area contributed by atoms with Crippen LogP contribution in [0.3, 0.4) is 0 Å². The van der Waals surface area contributed by atoms with E-state index in [4.69, 9.17) is 4.74 Å². The number of hydrogen-bond donors (Lipinski definition) is 1. The number of nitrogens with one attached hydrogen (secondary N) is 1. The van der Waals surface area contributed by atoms with E-state index in [1.54, 1.807) is 11.0 Å². The minimum absolute atomic E-state index is 0.0140. The maximum Gasteiger partial charge on any atom is 0.410 e. The second-order valence-electron chi connectivity index (χ2n) is 11.6. The van der Waals surface area contributed by atoms with Gasteiger partial charge in [0.15, 0.2) is 0 Å². The highest BCUT2D eigenvalue weighted by atomic mass is 32.2. The fourth-order valence-electron chi connectivity index (χ4n) is 5.22. The lowest BCUT2D eigenvalue weighted by atomic mass is 10.1. The number of nitrogens with zero attached hydrogens (tertiary/aromatic N) is 4. The number of carbonyl (C=O) groups excluding carboxylic acids is 4. The van der Waals surface area contributed by atoms with Crippen LogP contribution in [0.5, 0.6) is 0 Å². The molecule has 222 valence electrons. The number of amides is 4. The highest BCUT2D eigenvalue weighted by Gasteiger charge is 2.28. The lowest BCUT2D eigenvalue weighted by Crippen LogP contribution is -2.49. The molecule has 3 saturated heterocycles. The molecule has 3 aliphatic rings. The summed E-state index contributed by atoms with van der Waals surface area (Å²) < 4.78 is 5.48. The van der Waals surface area contributed by atoms with Crippen LogP contribution in [-0.2, 0) is 16.1 Å². The predicted octanol–water partition coefficient (Wildman–Crippen LogP) is 4.03. The molecule has 3 heterocycles. The first kappa shape index (κ1) is 29.7. The van der Waals surface area contributed by atoms with Gasteiger partial charge < -0.3 is 19.4 Å². The van der Waals surface area contributed by atoms with Gasteiger partial charge in [0.1, 0.15) is 5.60 Å². The number of imide groups is 1. The molecule has 3 fully saturated rings. The summed E-state index contributed by atoms with van der Waals surface area (Å²) in [5.41, 5.74) is 3.14. The van der Waals surface area contributed by atoms with Crippen molar-refractivity contribution in [3.63, 3.8) is 0 Å². The van der Waals surface area contributed by atoms with Crippen LogP contribution >= 0.6 is 11.8 Å². The quantitative estimate of drug-likeness (QED) is 0.521. The number of para-hydroxylation sites is 1. The van der Waals surface area contributed by atoms with Crippen molar-refractivity contribution < 1.29 is 23.9 Å². The van der Waals surface area contributed by atoms with Crippen LogP contribution in [-0.4, -0.2) is 95.8 Å². The van der Waals surface area contributed by atoms with E-state index in [9.17, 15) is 19.2 Å². The Morgan fingerprint density at radius 2 is 1.52 bits per heavy atom. The molecule has 11 heteroatoms. The first-order chi connectivity index (χ1) is 20.1. The average Bonchev–Trinajstić information content (AvgIpc) is 3.29. The van der Waals surface area contributed by atoms with Crippen LogP contribution in [0.2, 0.25) is 0 Å². The molecular weight excluding hydrogens is 554 g/mol. The zero-order valence-electron chi connectivity index (χ0n) is 24.3. The highest BCUT2D eigenvalue weighted by Crippen LogP contribution is 2.30. The molecule has 5 rings (SSSR count). The number of anilines is 1. The topological polar surface area (TPSA) is 102 Å². The summed E-state index contributed by atoms with van der Waals surface area (Å²) in [5, 5.41) is 1.94. The summed E-state index contributed by atoms with van der Waals surface area (Å²) in [6, 6.07) is 15.6. The fourth-order valence-corrected chi connectivity index (χ4v) is 5.89. The lowest BCUT2D eigenvalue weighted by Gasteiger charge is -2.37. The van der Waals surface area contributed by atoms with Crippen molar-refractivity contribution in [2.75, 3.05) is 57.3 Å². The first-order valence-electron chi connectivity index (χ1n) is 14.2. The van der Waals surface area contributed by atoms with E-state index in [-0.39, 0.29) is 23.1 Å². The average molecular weight is 592 g/mol. The van der Waals surface area contributed by atoms with Crippen LogP contribution in [0.4, 0.5) is 15.3 Å². The van der Waals surface area contributed by atoms with Crippen LogP contribution in [0.15, 0.2) is 53.4 Å². The van der Waals surface area contributed by atoms with Gasteiger partial charge >= 0.3 is 6.09 Å². The maximum atomic E-state index is 13.3. The van der Waals surface area contributed by atoms with Crippen molar-refractivity contribution in [3.05, 3.63) is 70.1 Å². The van der Waals surface area contributed by atoms with Gasteiger partial charge in [0.05, 0.1) is 4.91 Å². The molecule has 2 aromatic rings. The van der Waals surface area contributed by atoms with Crippen LogP contribution in [0, 0.1) is 0 Å². The Bertz CT molecular complexity index is 1370. The number of rotatable bonds is 5. The molecule has 2 aromatic carbocycles. The standard InChI is InChI=1S/C31H37N5O5S/c1-31(2,3)41-30(40)36-14-12-33(13-15-36)21-22-8-10-23(11-9-22)28(38)35-18-16-34(17-19-35)25-7-5-4-6-24(25)20-26-27(37)32-29(39)42-26/h4-11,20H,12-19,21H2,1-3H3,(H,32,37,39). The van der Waals surface area contributed by atoms with Gasteiger partial charge in [-0.1, -0.05) is 30.3 Å². The molecule has 0 spiro atoms. The number of carbonyl (C=O) groups is 4. The highest BCUT2D eigenvalue weighted by molar-refractivity contribution is 8.18. The molecule has 10 nitrogen and oxygen atoms in total. The van der Waals surface area contributed by atoms with Crippen LogP contribution < -0.4 is 10.2 Å². The van der Waals surface area contributed by atoms with Gasteiger partial charge in [0.25, 0.3) is 17.1 Å². The Morgan fingerprint density at radius 1 is 0.881 bits per heavy atom. The summed E-state index contributed by atoms with van der Waals surface area (Å²) in [4.78, 5) is 57.7. The number of thioether (sulfide) groups is 1. The van der Waals surface area contributed by atoms with Gasteiger partial charge in [-0.05, 0) is 67.9 Å². The molecule has 0 bridgehead atoms. The molecule has 0 atom stereocenters. The van der Waals surface area contributed by atoms with E-state index in [1.165, 1.54) is 0 Å². The first-order valence-corrected chi connectivity index (χ1v) is 15.0. The van der Waals surface area contributed by atoms with Crippen molar-refractivity contribution in [2.45, 2.75) is 32.9 Å². The van der Waals surface area contributed by atoms with Gasteiger partial charge in [-0.25, -0.2) is 4.79 Å². The van der Waals surface area contributed by atoms with E-state index < -0.39 is 5.60 Å². The third-order valence-electron chi connectivity index (χ3n) is 7.40. The van der Waals surface area contributed by atoms with E-state index in [0.29, 0.717) is 49.7 Å². The molecule has 0 aromatic heterocycles. The van der Waals surface area contributed by atoms with Crippen LogP contribution in [0.1, 0.15) is 42.3 Å². The van der Waals surface area contributed by atoms with Crippen molar-refractivity contribution in [2.24, 2.45) is 0 Å². The predicted molar refractivity (Wildman–Crippen MR) is 163 cm³/mol. The summed E-state index contributed by atoms with van der Waals surface area (Å²) in [7, 11) is 0. The molecule has 42 heavy (non-hydrogen) atoms. The maximum absolute atomic E-state index is 13.3.